The van der Waals surface area contributed by atoms with Gasteiger partial charge in [0.25, 0.3) is 0 Å². The van der Waals surface area contributed by atoms with Gasteiger partial charge in [0.15, 0.2) is 0 Å². The van der Waals surface area contributed by atoms with Crippen LogP contribution >= 0.6 is 11.6 Å². The van der Waals surface area contributed by atoms with Gasteiger partial charge in [0.1, 0.15) is 0 Å². The number of halogens is 1. The van der Waals surface area contributed by atoms with Gasteiger partial charge in [-0.05, 0) is 86.3 Å². The first-order chi connectivity index (χ1) is 9.71. The topological polar surface area (TPSA) is 14.1 Å². The molecule has 0 atom stereocenters. The molecular formula is C18H23ClN. The van der Waals surface area contributed by atoms with Crippen molar-refractivity contribution in [3.05, 3.63) is 29.3 Å². The average Bonchev–Trinajstić information content (AvgIpc) is 2.36. The summed E-state index contributed by atoms with van der Waals surface area (Å²) in [5, 5.41) is 5.55. The summed E-state index contributed by atoms with van der Waals surface area (Å²) in [6.45, 7) is 0.979. The first-order valence-electron chi connectivity index (χ1n) is 8.14. The van der Waals surface area contributed by atoms with Crippen LogP contribution in [0, 0.1) is 23.2 Å². The molecule has 2 heteroatoms. The quantitative estimate of drug-likeness (QED) is 0.724. The van der Waals surface area contributed by atoms with E-state index in [1.165, 1.54) is 44.9 Å². The lowest BCUT2D eigenvalue weighted by atomic mass is 9.49. The molecule has 4 bridgehead atoms. The number of hydrogen-bond acceptors (Lipinski definition) is 0. The number of benzene rings is 1. The zero-order chi connectivity index (χ0) is 13.6. The molecule has 0 N–H and O–H groups in total. The third-order valence-electron chi connectivity index (χ3n) is 5.91. The minimum Gasteiger partial charge on any atom is -0.285 e. The number of rotatable bonds is 4. The summed E-state index contributed by atoms with van der Waals surface area (Å²) in [6.07, 6.45) is 10.4. The van der Waals surface area contributed by atoms with Gasteiger partial charge < -0.3 is 0 Å². The Bertz CT molecular complexity index is 461. The van der Waals surface area contributed by atoms with Crippen LogP contribution in [0.1, 0.15) is 44.9 Å². The molecule has 1 nitrogen and oxygen atoms in total. The Hall–Kier alpha value is -0.690. The van der Waals surface area contributed by atoms with Crippen molar-refractivity contribution in [3.8, 4) is 0 Å². The second kappa shape index (κ2) is 4.94. The third kappa shape index (κ3) is 2.45. The molecule has 0 spiro atoms. The van der Waals surface area contributed by atoms with Gasteiger partial charge in [-0.1, -0.05) is 17.7 Å². The van der Waals surface area contributed by atoms with E-state index in [0.717, 1.165) is 35.0 Å². The summed E-state index contributed by atoms with van der Waals surface area (Å²) in [5.41, 5.74) is 1.69. The van der Waals surface area contributed by atoms with Crippen LogP contribution in [0.3, 0.4) is 0 Å². The van der Waals surface area contributed by atoms with Crippen molar-refractivity contribution >= 4 is 17.3 Å². The van der Waals surface area contributed by atoms with E-state index in [0.29, 0.717) is 5.41 Å². The summed E-state index contributed by atoms with van der Waals surface area (Å²) in [4.78, 5) is 0. The molecule has 4 aliphatic rings. The van der Waals surface area contributed by atoms with Gasteiger partial charge in [-0.15, -0.1) is 0 Å². The summed E-state index contributed by atoms with van der Waals surface area (Å²) in [7, 11) is 0. The maximum Gasteiger partial charge on any atom is 0.0589 e. The maximum atomic E-state index is 6.02. The van der Waals surface area contributed by atoms with Crippen LogP contribution in [0.15, 0.2) is 24.3 Å². The van der Waals surface area contributed by atoms with Crippen molar-refractivity contribution < 1.29 is 0 Å². The van der Waals surface area contributed by atoms with Crippen molar-refractivity contribution in [1.82, 2.24) is 5.32 Å². The van der Waals surface area contributed by atoms with E-state index in [-0.39, 0.29) is 0 Å². The van der Waals surface area contributed by atoms with Crippen LogP contribution in [0.25, 0.3) is 0 Å². The fourth-order valence-corrected chi connectivity index (χ4v) is 5.78. The molecule has 0 aromatic heterocycles. The third-order valence-corrected chi connectivity index (χ3v) is 6.14. The van der Waals surface area contributed by atoms with E-state index in [1.54, 1.807) is 0 Å². The van der Waals surface area contributed by atoms with Crippen LogP contribution in [-0.2, 0) is 0 Å². The lowest BCUT2D eigenvalue weighted by Crippen LogP contribution is -2.46. The summed E-state index contributed by atoms with van der Waals surface area (Å²) < 4.78 is 0. The normalized spacial score (nSPS) is 38.1. The molecule has 4 aliphatic carbocycles. The molecule has 107 valence electrons. The van der Waals surface area contributed by atoms with E-state index < -0.39 is 0 Å². The molecule has 20 heavy (non-hydrogen) atoms. The molecule has 0 heterocycles. The fourth-order valence-electron chi connectivity index (χ4n) is 5.59. The highest BCUT2D eigenvalue weighted by atomic mass is 35.5. The lowest BCUT2D eigenvalue weighted by Gasteiger charge is -2.57. The second-order valence-corrected chi connectivity index (χ2v) is 7.97. The van der Waals surface area contributed by atoms with Gasteiger partial charge in [-0.3, -0.25) is 5.32 Å². The highest BCUT2D eigenvalue weighted by Gasteiger charge is 2.50. The van der Waals surface area contributed by atoms with E-state index in [1.807, 2.05) is 18.2 Å². The van der Waals surface area contributed by atoms with E-state index in [4.69, 9.17) is 16.9 Å². The van der Waals surface area contributed by atoms with Crippen molar-refractivity contribution in [2.24, 2.45) is 23.2 Å². The van der Waals surface area contributed by atoms with Crippen molar-refractivity contribution in [3.63, 3.8) is 0 Å². The molecule has 1 aromatic rings. The van der Waals surface area contributed by atoms with E-state index >= 15 is 0 Å². The molecule has 0 amide bonds. The molecule has 4 saturated carbocycles. The van der Waals surface area contributed by atoms with E-state index in [2.05, 4.69) is 6.07 Å². The summed E-state index contributed by atoms with van der Waals surface area (Å²) in [6, 6.07) is 7.94. The number of nitrogens with zero attached hydrogens (tertiary/aromatic N) is 1. The molecule has 0 unspecified atom stereocenters. The largest absolute Gasteiger partial charge is 0.285 e. The standard InChI is InChI=1S/C18H23ClN/c19-16-2-1-3-17(9-16)20-5-4-18-10-13-6-14(11-18)8-15(7-13)12-18/h1-3,9,13-15H,4-8,10-12H2. The Morgan fingerprint density at radius 1 is 1.05 bits per heavy atom. The zero-order valence-corrected chi connectivity index (χ0v) is 12.8. The molecule has 0 aliphatic heterocycles. The molecule has 4 fully saturated rings. The van der Waals surface area contributed by atoms with Crippen LogP contribution in [0.4, 0.5) is 5.69 Å². The zero-order valence-electron chi connectivity index (χ0n) is 12.0. The molecule has 5 rings (SSSR count). The van der Waals surface area contributed by atoms with Crippen LogP contribution < -0.4 is 5.32 Å². The van der Waals surface area contributed by atoms with Crippen LogP contribution in [0.5, 0.6) is 0 Å². The first-order valence-corrected chi connectivity index (χ1v) is 8.52. The Morgan fingerprint density at radius 3 is 2.30 bits per heavy atom. The Balaban J connectivity index is 1.37. The smallest absolute Gasteiger partial charge is 0.0589 e. The number of hydrogen-bond donors (Lipinski definition) is 0. The minimum absolute atomic E-state index is 0.650. The Morgan fingerprint density at radius 2 is 1.70 bits per heavy atom. The Kier molecular flexibility index (Phi) is 3.22. The molecule has 0 saturated heterocycles. The minimum atomic E-state index is 0.650. The monoisotopic (exact) mass is 288 g/mol. The van der Waals surface area contributed by atoms with Gasteiger partial charge in [-0.2, -0.15) is 0 Å². The molecule has 1 aromatic carbocycles. The predicted octanol–water partition coefficient (Wildman–Crippen LogP) is 5.18. The Labute approximate surface area is 127 Å². The first kappa shape index (κ1) is 13.0. The van der Waals surface area contributed by atoms with Crippen molar-refractivity contribution in [2.45, 2.75) is 44.9 Å². The summed E-state index contributed by atoms with van der Waals surface area (Å²) in [5.74, 6) is 3.15. The molecular weight excluding hydrogens is 266 g/mol. The van der Waals surface area contributed by atoms with Gasteiger partial charge >= 0.3 is 0 Å². The molecule has 1 radical (unpaired) electrons. The van der Waals surface area contributed by atoms with Crippen LogP contribution in [0.2, 0.25) is 5.02 Å². The van der Waals surface area contributed by atoms with Crippen molar-refractivity contribution in [1.29, 1.82) is 0 Å². The van der Waals surface area contributed by atoms with Crippen molar-refractivity contribution in [2.75, 3.05) is 6.54 Å². The van der Waals surface area contributed by atoms with Gasteiger partial charge in [-0.25, -0.2) is 0 Å². The van der Waals surface area contributed by atoms with E-state index in [9.17, 15) is 0 Å². The lowest BCUT2D eigenvalue weighted by molar-refractivity contribution is -0.0564. The SMILES string of the molecule is Clc1cccc([N]CCC23CC4CC(CC(C4)C2)C3)c1. The van der Waals surface area contributed by atoms with Gasteiger partial charge in [0.05, 0.1) is 5.69 Å². The highest BCUT2D eigenvalue weighted by molar-refractivity contribution is 6.30. The predicted molar refractivity (Wildman–Crippen MR) is 83.3 cm³/mol. The maximum absolute atomic E-state index is 6.02. The second-order valence-electron chi connectivity index (χ2n) is 7.53. The fraction of sp³-hybridized carbons (Fsp3) is 0.667. The summed E-state index contributed by atoms with van der Waals surface area (Å²) >= 11 is 6.02. The highest BCUT2D eigenvalue weighted by Crippen LogP contribution is 2.61. The van der Waals surface area contributed by atoms with Gasteiger partial charge in [0.2, 0.25) is 0 Å². The van der Waals surface area contributed by atoms with Gasteiger partial charge in [0, 0.05) is 11.6 Å². The average molecular weight is 289 g/mol. The van der Waals surface area contributed by atoms with Crippen LogP contribution in [-0.4, -0.2) is 6.54 Å².